The van der Waals surface area contributed by atoms with Crippen LogP contribution in [0.2, 0.25) is 0 Å². The van der Waals surface area contributed by atoms with Crippen molar-refractivity contribution in [1.82, 2.24) is 23.9 Å². The topological polar surface area (TPSA) is 77.5 Å². The molecule has 107 valence electrons. The van der Waals surface area contributed by atoms with E-state index in [1.54, 1.807) is 25.3 Å². The molecule has 1 radical (unpaired) electrons. The molecule has 3 aromatic heterocycles. The molecule has 8 heteroatoms. The molecule has 1 saturated heterocycles. The Morgan fingerprint density at radius 2 is 2.14 bits per heavy atom. The van der Waals surface area contributed by atoms with Crippen LogP contribution in [0, 0.1) is 6.42 Å². The van der Waals surface area contributed by atoms with Crippen LogP contribution < -0.4 is 0 Å². The van der Waals surface area contributed by atoms with E-state index in [2.05, 4.69) is 15.0 Å². The summed E-state index contributed by atoms with van der Waals surface area (Å²) in [6, 6.07) is 0. The van der Waals surface area contributed by atoms with Crippen LogP contribution in [-0.4, -0.2) is 41.2 Å². The first kappa shape index (κ1) is 15.0. The number of imidazole rings is 2. The summed E-state index contributed by atoms with van der Waals surface area (Å²) < 4.78 is 9.46. The maximum Gasteiger partial charge on any atom is 0.167 e. The fourth-order valence-electron chi connectivity index (χ4n) is 2.63. The minimum absolute atomic E-state index is 0. The standard InChI is InChI=1S/C13H14N5O2.Y/c1-2-9-8(19)5-10(20-9)18-7-15-11-12-14-3-4-17(12)6-16-13(11)18;/h3-10,19H,2H2,1H3;/q-1;. The predicted octanol–water partition coefficient (Wildman–Crippen LogP) is 0.949. The van der Waals surface area contributed by atoms with Crippen molar-refractivity contribution >= 4 is 16.8 Å². The summed E-state index contributed by atoms with van der Waals surface area (Å²) in [6.45, 7) is 1.99. The van der Waals surface area contributed by atoms with Crippen LogP contribution in [0.5, 0.6) is 0 Å². The molecule has 3 aromatic rings. The van der Waals surface area contributed by atoms with Gasteiger partial charge in [-0.3, -0.25) is 4.40 Å². The van der Waals surface area contributed by atoms with Gasteiger partial charge in [-0.15, -0.1) is 0 Å². The average Bonchev–Trinajstić information content (AvgIpc) is 3.13. The van der Waals surface area contributed by atoms with Gasteiger partial charge in [-0.25, -0.2) is 21.4 Å². The smallest absolute Gasteiger partial charge is 0.167 e. The minimum atomic E-state index is -0.558. The van der Waals surface area contributed by atoms with Crippen molar-refractivity contribution in [2.75, 3.05) is 0 Å². The fourth-order valence-corrected chi connectivity index (χ4v) is 2.63. The van der Waals surface area contributed by atoms with E-state index in [0.29, 0.717) is 5.65 Å². The summed E-state index contributed by atoms with van der Waals surface area (Å²) in [4.78, 5) is 13.1. The summed E-state index contributed by atoms with van der Waals surface area (Å²) in [5.41, 5.74) is 2.19. The third-order valence-corrected chi connectivity index (χ3v) is 3.69. The Morgan fingerprint density at radius 1 is 1.29 bits per heavy atom. The largest absolute Gasteiger partial charge is 0.422 e. The van der Waals surface area contributed by atoms with Crippen LogP contribution in [0.1, 0.15) is 19.6 Å². The Balaban J connectivity index is 0.00000132. The molecule has 4 heterocycles. The third-order valence-electron chi connectivity index (χ3n) is 3.69. The van der Waals surface area contributed by atoms with Gasteiger partial charge in [0.1, 0.15) is 6.33 Å². The molecule has 0 spiro atoms. The molecule has 4 rings (SSSR count). The number of rotatable bonds is 2. The van der Waals surface area contributed by atoms with Crippen molar-refractivity contribution in [2.24, 2.45) is 0 Å². The minimum Gasteiger partial charge on any atom is -0.422 e. The SMILES string of the molecule is CCC1OC(n2cnc3c2ncn2ccnc32)[CH-]C1O.[Y]. The first-order valence-corrected chi connectivity index (χ1v) is 6.60. The summed E-state index contributed by atoms with van der Waals surface area (Å²) in [7, 11) is 0. The molecule has 0 aliphatic carbocycles. The normalized spacial score (nSPS) is 25.5. The molecular formula is C13H14N5O2Y-. The summed E-state index contributed by atoms with van der Waals surface area (Å²) in [5, 5.41) is 9.92. The predicted molar refractivity (Wildman–Crippen MR) is 70.8 cm³/mol. The van der Waals surface area contributed by atoms with Gasteiger partial charge in [0.2, 0.25) is 0 Å². The van der Waals surface area contributed by atoms with Gasteiger partial charge in [0.15, 0.2) is 16.8 Å². The molecule has 0 aromatic carbocycles. The van der Waals surface area contributed by atoms with Crippen molar-refractivity contribution in [3.8, 4) is 0 Å². The summed E-state index contributed by atoms with van der Waals surface area (Å²) in [6.07, 6.45) is 8.38. The van der Waals surface area contributed by atoms with Crippen LogP contribution in [0.3, 0.4) is 0 Å². The van der Waals surface area contributed by atoms with E-state index in [4.69, 9.17) is 4.74 Å². The van der Waals surface area contributed by atoms with E-state index in [9.17, 15) is 5.11 Å². The van der Waals surface area contributed by atoms with Crippen molar-refractivity contribution in [2.45, 2.75) is 31.8 Å². The van der Waals surface area contributed by atoms with Gasteiger partial charge in [-0.05, 0) is 12.5 Å². The monoisotopic (exact) mass is 361 g/mol. The zero-order valence-electron chi connectivity index (χ0n) is 11.5. The Kier molecular flexibility index (Phi) is 4.09. The quantitative estimate of drug-likeness (QED) is 0.688. The number of aliphatic hydroxyl groups is 1. The van der Waals surface area contributed by atoms with Crippen LogP contribution in [-0.2, 0) is 37.4 Å². The molecular weight excluding hydrogens is 347 g/mol. The van der Waals surface area contributed by atoms with Crippen molar-refractivity contribution in [1.29, 1.82) is 0 Å². The molecule has 7 nitrogen and oxygen atoms in total. The first-order chi connectivity index (χ1) is 9.78. The first-order valence-electron chi connectivity index (χ1n) is 6.60. The molecule has 3 atom stereocenters. The Bertz CT molecular complexity index is 770. The van der Waals surface area contributed by atoms with Gasteiger partial charge in [-0.2, -0.15) is 0 Å². The van der Waals surface area contributed by atoms with Gasteiger partial charge in [0.25, 0.3) is 0 Å². The number of aromatic nitrogens is 5. The van der Waals surface area contributed by atoms with Gasteiger partial charge < -0.3 is 14.4 Å². The van der Waals surface area contributed by atoms with E-state index in [-0.39, 0.29) is 45.0 Å². The van der Waals surface area contributed by atoms with Gasteiger partial charge in [0.05, 0.1) is 12.4 Å². The molecule has 0 bridgehead atoms. The Labute approximate surface area is 146 Å². The van der Waals surface area contributed by atoms with Crippen LogP contribution in [0.15, 0.2) is 25.0 Å². The van der Waals surface area contributed by atoms with E-state index >= 15 is 0 Å². The number of hydrogen-bond acceptors (Lipinski definition) is 5. The molecule has 1 aliphatic rings. The maximum absolute atomic E-state index is 9.92. The number of fused-ring (bicyclic) bond motifs is 3. The van der Waals surface area contributed by atoms with Gasteiger partial charge in [0, 0.05) is 51.3 Å². The number of aliphatic hydroxyl groups excluding tert-OH is 1. The van der Waals surface area contributed by atoms with Crippen LogP contribution in [0.25, 0.3) is 16.8 Å². The number of hydrogen-bond donors (Lipinski definition) is 1. The zero-order valence-corrected chi connectivity index (χ0v) is 14.3. The fraction of sp³-hybridized carbons (Fsp3) is 0.385. The van der Waals surface area contributed by atoms with Gasteiger partial charge >= 0.3 is 0 Å². The molecule has 1 N–H and O–H groups in total. The zero-order chi connectivity index (χ0) is 13.7. The molecule has 3 unspecified atom stereocenters. The second-order valence-electron chi connectivity index (χ2n) is 4.88. The summed E-state index contributed by atoms with van der Waals surface area (Å²) >= 11 is 0. The Morgan fingerprint density at radius 3 is 2.90 bits per heavy atom. The number of nitrogens with zero attached hydrogens (tertiary/aromatic N) is 5. The van der Waals surface area contributed by atoms with Crippen molar-refractivity contribution in [3.05, 3.63) is 31.5 Å². The Hall–Kier alpha value is -0.886. The summed E-state index contributed by atoms with van der Waals surface area (Å²) in [5.74, 6) is 0. The molecule has 0 amide bonds. The molecule has 21 heavy (non-hydrogen) atoms. The second-order valence-corrected chi connectivity index (χ2v) is 4.88. The van der Waals surface area contributed by atoms with Crippen molar-refractivity contribution in [3.63, 3.8) is 0 Å². The van der Waals surface area contributed by atoms with E-state index in [1.165, 1.54) is 0 Å². The molecule has 0 saturated carbocycles. The van der Waals surface area contributed by atoms with Crippen molar-refractivity contribution < 1.29 is 42.6 Å². The van der Waals surface area contributed by atoms with E-state index < -0.39 is 6.10 Å². The maximum atomic E-state index is 9.92. The molecule has 1 fully saturated rings. The van der Waals surface area contributed by atoms with E-state index in [1.807, 2.05) is 22.1 Å². The third kappa shape index (κ3) is 2.32. The second kappa shape index (κ2) is 5.72. The molecule has 1 aliphatic heterocycles. The van der Waals surface area contributed by atoms with E-state index in [0.717, 1.165) is 17.6 Å². The van der Waals surface area contributed by atoms with Gasteiger partial charge in [-0.1, -0.05) is 6.92 Å². The van der Waals surface area contributed by atoms with Crippen LogP contribution in [0.4, 0.5) is 0 Å². The number of ether oxygens (including phenoxy) is 1. The van der Waals surface area contributed by atoms with Crippen LogP contribution >= 0.6 is 0 Å². The average molecular weight is 361 g/mol.